The third-order valence-electron chi connectivity index (χ3n) is 3.79. The minimum atomic E-state index is -3.80. The fourth-order valence-corrected chi connectivity index (χ4v) is 4.57. The van der Waals surface area contributed by atoms with Crippen LogP contribution in [0.5, 0.6) is 0 Å². The van der Waals surface area contributed by atoms with Crippen LogP contribution in [0.2, 0.25) is 0 Å². The number of hydrogen-bond donors (Lipinski definition) is 2. The molecule has 0 aromatic carbocycles. The minimum absolute atomic E-state index is 0.0790. The molecule has 3 heterocycles. The lowest BCUT2D eigenvalue weighted by Gasteiger charge is -2.09. The number of aryl methyl sites for hydroxylation is 3. The molecule has 0 aliphatic rings. The first kappa shape index (κ1) is 22.5. The number of thiophene rings is 1. The highest BCUT2D eigenvalue weighted by Gasteiger charge is 2.18. The maximum absolute atomic E-state index is 12.2. The second-order valence-corrected chi connectivity index (χ2v) is 9.44. The zero-order valence-electron chi connectivity index (χ0n) is 16.9. The van der Waals surface area contributed by atoms with E-state index >= 15 is 0 Å². The average Bonchev–Trinajstić information content (AvgIpc) is 3.34. The first-order valence-electron chi connectivity index (χ1n) is 9.02. The predicted octanol–water partition coefficient (Wildman–Crippen LogP) is 1.11. The fourth-order valence-electron chi connectivity index (χ4n) is 2.56. The summed E-state index contributed by atoms with van der Waals surface area (Å²) in [4.78, 5) is 32.7. The van der Waals surface area contributed by atoms with Crippen LogP contribution in [0, 0.1) is 20.8 Å². The van der Waals surface area contributed by atoms with E-state index in [4.69, 9.17) is 4.74 Å². The van der Waals surface area contributed by atoms with Crippen LogP contribution in [-0.4, -0.2) is 53.2 Å². The zero-order chi connectivity index (χ0) is 22.6. The summed E-state index contributed by atoms with van der Waals surface area (Å²) in [6, 6.07) is 6.42. The standard InChI is InChI=1S/C18H20N6O5S2/c1-11-7-12(2)21-18(20-11)24-14(8-13(3)23-24)22-15(25)10-29-16(26)9-19-31(27,28)17-5-4-6-30-17/h4-8,19H,9-10H2,1-3H3,(H,22,25). The molecule has 0 spiro atoms. The first-order chi connectivity index (χ1) is 14.6. The summed E-state index contributed by atoms with van der Waals surface area (Å²) in [5, 5.41) is 8.48. The van der Waals surface area contributed by atoms with Crippen molar-refractivity contribution in [1.29, 1.82) is 0 Å². The van der Waals surface area contributed by atoms with E-state index in [2.05, 4.69) is 25.1 Å². The van der Waals surface area contributed by atoms with Crippen molar-refractivity contribution in [3.05, 3.63) is 46.7 Å². The van der Waals surface area contributed by atoms with Crippen LogP contribution in [0.4, 0.5) is 5.82 Å². The molecule has 1 amide bonds. The van der Waals surface area contributed by atoms with Crippen LogP contribution in [0.15, 0.2) is 33.9 Å². The van der Waals surface area contributed by atoms with Gasteiger partial charge in [0.2, 0.25) is 0 Å². The summed E-state index contributed by atoms with van der Waals surface area (Å²) in [5.74, 6) is -0.916. The van der Waals surface area contributed by atoms with Gasteiger partial charge in [0.25, 0.3) is 21.9 Å². The van der Waals surface area contributed by atoms with Crippen molar-refractivity contribution < 1.29 is 22.7 Å². The van der Waals surface area contributed by atoms with Gasteiger partial charge in [-0.2, -0.15) is 14.5 Å². The quantitative estimate of drug-likeness (QED) is 0.472. The van der Waals surface area contributed by atoms with Crippen LogP contribution in [0.3, 0.4) is 0 Å². The highest BCUT2D eigenvalue weighted by Crippen LogP contribution is 2.16. The molecule has 0 aliphatic carbocycles. The number of nitrogens with one attached hydrogen (secondary N) is 2. The summed E-state index contributed by atoms with van der Waals surface area (Å²) in [6.45, 7) is 4.19. The lowest BCUT2D eigenvalue weighted by atomic mass is 10.4. The summed E-state index contributed by atoms with van der Waals surface area (Å²) in [5.41, 5.74) is 2.11. The van der Waals surface area contributed by atoms with Gasteiger partial charge in [-0.1, -0.05) is 6.07 Å². The number of aromatic nitrogens is 4. The SMILES string of the molecule is Cc1cc(C)nc(-n2nc(C)cc2NC(=O)COC(=O)CNS(=O)(=O)c2cccs2)n1. The molecule has 11 nitrogen and oxygen atoms in total. The molecular weight excluding hydrogens is 444 g/mol. The van der Waals surface area contributed by atoms with E-state index in [9.17, 15) is 18.0 Å². The molecule has 0 unspecified atom stereocenters. The molecule has 13 heteroatoms. The Morgan fingerprint density at radius 1 is 1.13 bits per heavy atom. The molecule has 0 bridgehead atoms. The Labute approximate surface area is 182 Å². The van der Waals surface area contributed by atoms with Gasteiger partial charge < -0.3 is 10.1 Å². The summed E-state index contributed by atoms with van der Waals surface area (Å²) in [6.07, 6.45) is 0. The van der Waals surface area contributed by atoms with E-state index in [0.29, 0.717) is 17.5 Å². The van der Waals surface area contributed by atoms with Gasteiger partial charge in [0.15, 0.2) is 6.61 Å². The van der Waals surface area contributed by atoms with Crippen molar-refractivity contribution >= 4 is 39.1 Å². The Morgan fingerprint density at radius 3 is 2.48 bits per heavy atom. The molecule has 0 saturated heterocycles. The van der Waals surface area contributed by atoms with E-state index in [-0.39, 0.29) is 4.21 Å². The number of carbonyl (C=O) groups is 2. The molecule has 3 aromatic heterocycles. The number of rotatable bonds is 8. The Balaban J connectivity index is 1.57. The normalized spacial score (nSPS) is 11.3. The predicted molar refractivity (Wildman–Crippen MR) is 112 cm³/mol. The number of esters is 1. The first-order valence-corrected chi connectivity index (χ1v) is 11.4. The van der Waals surface area contributed by atoms with Gasteiger partial charge in [0.1, 0.15) is 16.6 Å². The van der Waals surface area contributed by atoms with Gasteiger partial charge in [-0.3, -0.25) is 9.59 Å². The van der Waals surface area contributed by atoms with E-state index < -0.39 is 35.1 Å². The fraction of sp³-hybridized carbons (Fsp3) is 0.278. The van der Waals surface area contributed by atoms with Crippen LogP contribution in [-0.2, 0) is 24.3 Å². The van der Waals surface area contributed by atoms with Crippen molar-refractivity contribution in [3.8, 4) is 5.95 Å². The second-order valence-electron chi connectivity index (χ2n) is 6.50. The van der Waals surface area contributed by atoms with Crippen molar-refractivity contribution in [2.45, 2.75) is 25.0 Å². The summed E-state index contributed by atoms with van der Waals surface area (Å²) < 4.78 is 32.4. The van der Waals surface area contributed by atoms with Crippen molar-refractivity contribution in [3.63, 3.8) is 0 Å². The van der Waals surface area contributed by atoms with Gasteiger partial charge in [-0.15, -0.1) is 11.3 Å². The van der Waals surface area contributed by atoms with Gasteiger partial charge in [-0.05, 0) is 38.3 Å². The van der Waals surface area contributed by atoms with E-state index in [1.165, 1.54) is 10.7 Å². The Morgan fingerprint density at radius 2 is 1.84 bits per heavy atom. The number of amides is 1. The molecule has 0 aliphatic heterocycles. The van der Waals surface area contributed by atoms with E-state index in [1.807, 2.05) is 19.9 Å². The molecule has 2 N–H and O–H groups in total. The summed E-state index contributed by atoms with van der Waals surface area (Å²) in [7, 11) is -3.80. The highest BCUT2D eigenvalue weighted by molar-refractivity contribution is 7.91. The minimum Gasteiger partial charge on any atom is -0.455 e. The highest BCUT2D eigenvalue weighted by atomic mass is 32.2. The summed E-state index contributed by atoms with van der Waals surface area (Å²) >= 11 is 1.02. The lowest BCUT2D eigenvalue weighted by molar-refractivity contribution is -0.146. The third kappa shape index (κ3) is 5.93. The maximum Gasteiger partial charge on any atom is 0.321 e. The maximum atomic E-state index is 12.2. The van der Waals surface area contributed by atoms with E-state index in [0.717, 1.165) is 22.7 Å². The topological polar surface area (TPSA) is 145 Å². The van der Waals surface area contributed by atoms with Crippen molar-refractivity contribution in [2.24, 2.45) is 0 Å². The largest absolute Gasteiger partial charge is 0.455 e. The molecule has 3 aromatic rings. The molecule has 3 rings (SSSR count). The van der Waals surface area contributed by atoms with Crippen LogP contribution in [0.1, 0.15) is 17.1 Å². The number of nitrogens with zero attached hydrogens (tertiary/aromatic N) is 4. The Kier molecular flexibility index (Phi) is 6.77. The second kappa shape index (κ2) is 9.32. The number of ether oxygens (including phenoxy) is 1. The average molecular weight is 465 g/mol. The van der Waals surface area contributed by atoms with Gasteiger partial charge in [0.05, 0.1) is 5.69 Å². The Bertz CT molecular complexity index is 1180. The number of sulfonamides is 1. The van der Waals surface area contributed by atoms with Gasteiger partial charge in [0, 0.05) is 17.5 Å². The number of carbonyl (C=O) groups excluding carboxylic acids is 2. The van der Waals surface area contributed by atoms with Gasteiger partial charge in [-0.25, -0.2) is 18.4 Å². The number of anilines is 1. The lowest BCUT2D eigenvalue weighted by Crippen LogP contribution is -2.32. The third-order valence-corrected chi connectivity index (χ3v) is 6.59. The molecule has 0 fully saturated rings. The molecule has 0 saturated carbocycles. The monoisotopic (exact) mass is 464 g/mol. The van der Waals surface area contributed by atoms with Crippen LogP contribution >= 0.6 is 11.3 Å². The molecular formula is C18H20N6O5S2. The molecule has 0 atom stereocenters. The number of hydrogen-bond acceptors (Lipinski definition) is 9. The van der Waals surface area contributed by atoms with E-state index in [1.54, 1.807) is 24.4 Å². The molecule has 164 valence electrons. The van der Waals surface area contributed by atoms with Crippen molar-refractivity contribution in [2.75, 3.05) is 18.5 Å². The van der Waals surface area contributed by atoms with Crippen LogP contribution in [0.25, 0.3) is 5.95 Å². The Hall–Kier alpha value is -3.16. The zero-order valence-corrected chi connectivity index (χ0v) is 18.6. The smallest absolute Gasteiger partial charge is 0.321 e. The van der Waals surface area contributed by atoms with Crippen molar-refractivity contribution in [1.82, 2.24) is 24.5 Å². The molecule has 0 radical (unpaired) electrons. The van der Waals surface area contributed by atoms with Gasteiger partial charge >= 0.3 is 5.97 Å². The molecule has 31 heavy (non-hydrogen) atoms. The van der Waals surface area contributed by atoms with Crippen LogP contribution < -0.4 is 10.0 Å².